The highest BCUT2D eigenvalue weighted by Gasteiger charge is 2.13. The van der Waals surface area contributed by atoms with Crippen molar-refractivity contribution >= 4 is 23.2 Å². The molecule has 1 N–H and O–H groups in total. The van der Waals surface area contributed by atoms with E-state index in [0.717, 1.165) is 41.6 Å². The number of hydrogen-bond acceptors (Lipinski definition) is 2. The maximum Gasteiger partial charge on any atom is 0.0622 e. The van der Waals surface area contributed by atoms with Crippen molar-refractivity contribution in [2.24, 2.45) is 0 Å². The van der Waals surface area contributed by atoms with Gasteiger partial charge < -0.3 is 10.1 Å². The lowest BCUT2D eigenvalue weighted by Gasteiger charge is -2.19. The maximum atomic E-state index is 6.19. The van der Waals surface area contributed by atoms with Gasteiger partial charge in [0.2, 0.25) is 0 Å². The van der Waals surface area contributed by atoms with Crippen LogP contribution >= 0.6 is 23.2 Å². The molecule has 0 aliphatic heterocycles. The zero-order chi connectivity index (χ0) is 13.4. The van der Waals surface area contributed by atoms with Crippen LogP contribution in [0.5, 0.6) is 0 Å². The van der Waals surface area contributed by atoms with Crippen molar-refractivity contribution in [3.8, 4) is 0 Å². The molecule has 4 heteroatoms. The molecular formula is C14H21Cl2NO. The summed E-state index contributed by atoms with van der Waals surface area (Å²) >= 11 is 12.4. The Hall–Kier alpha value is -0.280. The Kier molecular flexibility index (Phi) is 7.68. The predicted molar refractivity (Wildman–Crippen MR) is 78.7 cm³/mol. The van der Waals surface area contributed by atoms with E-state index in [1.165, 1.54) is 0 Å². The van der Waals surface area contributed by atoms with Crippen LogP contribution in [-0.2, 0) is 11.2 Å². The van der Waals surface area contributed by atoms with Gasteiger partial charge >= 0.3 is 0 Å². The Morgan fingerprint density at radius 3 is 2.44 bits per heavy atom. The van der Waals surface area contributed by atoms with E-state index in [4.69, 9.17) is 27.9 Å². The first kappa shape index (κ1) is 15.8. The van der Waals surface area contributed by atoms with Crippen molar-refractivity contribution in [2.45, 2.75) is 32.7 Å². The molecule has 0 saturated carbocycles. The monoisotopic (exact) mass is 289 g/mol. The molecule has 1 atom stereocenters. The van der Waals surface area contributed by atoms with E-state index in [1.807, 2.05) is 25.1 Å². The third-order valence-electron chi connectivity index (χ3n) is 2.72. The largest absolute Gasteiger partial charge is 0.380 e. The molecule has 0 saturated heterocycles. The van der Waals surface area contributed by atoms with Crippen molar-refractivity contribution in [2.75, 3.05) is 19.8 Å². The van der Waals surface area contributed by atoms with Gasteiger partial charge in [0.1, 0.15) is 0 Å². The van der Waals surface area contributed by atoms with Crippen LogP contribution in [0.2, 0.25) is 10.0 Å². The minimum Gasteiger partial charge on any atom is -0.380 e. The maximum absolute atomic E-state index is 6.19. The number of benzene rings is 1. The number of nitrogens with one attached hydrogen (secondary N) is 1. The second-order valence-electron chi connectivity index (χ2n) is 4.21. The van der Waals surface area contributed by atoms with E-state index in [9.17, 15) is 0 Å². The highest BCUT2D eigenvalue weighted by Crippen LogP contribution is 2.25. The molecular weight excluding hydrogens is 269 g/mol. The number of halogens is 2. The molecule has 0 bridgehead atoms. The van der Waals surface area contributed by atoms with Crippen molar-refractivity contribution in [3.63, 3.8) is 0 Å². The first-order valence-corrected chi connectivity index (χ1v) is 7.18. The van der Waals surface area contributed by atoms with Crippen LogP contribution in [0.1, 0.15) is 25.8 Å². The van der Waals surface area contributed by atoms with Gasteiger partial charge in [0.15, 0.2) is 0 Å². The van der Waals surface area contributed by atoms with E-state index in [-0.39, 0.29) is 6.04 Å². The van der Waals surface area contributed by atoms with Gasteiger partial charge in [-0.15, -0.1) is 0 Å². The molecule has 1 unspecified atom stereocenters. The molecule has 102 valence electrons. The summed E-state index contributed by atoms with van der Waals surface area (Å²) in [7, 11) is 0. The summed E-state index contributed by atoms with van der Waals surface area (Å²) in [6, 6.07) is 5.87. The molecule has 0 amide bonds. The van der Waals surface area contributed by atoms with Gasteiger partial charge in [-0.25, -0.2) is 0 Å². The minimum atomic E-state index is 0.252. The summed E-state index contributed by atoms with van der Waals surface area (Å²) in [4.78, 5) is 0. The topological polar surface area (TPSA) is 21.3 Å². The minimum absolute atomic E-state index is 0.252. The van der Waals surface area contributed by atoms with Crippen LogP contribution in [0.4, 0.5) is 0 Å². The Morgan fingerprint density at radius 2 is 1.89 bits per heavy atom. The van der Waals surface area contributed by atoms with Gasteiger partial charge in [0.05, 0.1) is 6.61 Å². The average molecular weight is 290 g/mol. The van der Waals surface area contributed by atoms with Crippen molar-refractivity contribution in [1.82, 2.24) is 5.32 Å². The third kappa shape index (κ3) is 5.15. The highest BCUT2D eigenvalue weighted by molar-refractivity contribution is 6.35. The molecule has 1 rings (SSSR count). The lowest BCUT2D eigenvalue weighted by molar-refractivity contribution is 0.122. The predicted octanol–water partition coefficient (Wildman–Crippen LogP) is 3.94. The van der Waals surface area contributed by atoms with Crippen LogP contribution in [0, 0.1) is 0 Å². The molecule has 0 aliphatic carbocycles. The first-order chi connectivity index (χ1) is 8.69. The van der Waals surface area contributed by atoms with Crippen LogP contribution in [0.15, 0.2) is 18.2 Å². The second-order valence-corrected chi connectivity index (χ2v) is 5.03. The van der Waals surface area contributed by atoms with Gasteiger partial charge in [0, 0.05) is 22.7 Å². The summed E-state index contributed by atoms with van der Waals surface area (Å²) in [5.74, 6) is 0. The zero-order valence-electron chi connectivity index (χ0n) is 11.0. The molecule has 0 aromatic heterocycles. The second kappa shape index (κ2) is 8.76. The lowest BCUT2D eigenvalue weighted by atomic mass is 10.1. The summed E-state index contributed by atoms with van der Waals surface area (Å²) in [5, 5.41) is 4.91. The van der Waals surface area contributed by atoms with Crippen LogP contribution < -0.4 is 5.32 Å². The first-order valence-electron chi connectivity index (χ1n) is 6.43. The van der Waals surface area contributed by atoms with Crippen molar-refractivity contribution < 1.29 is 4.74 Å². The summed E-state index contributed by atoms with van der Waals surface area (Å²) in [6.45, 7) is 6.52. The summed E-state index contributed by atoms with van der Waals surface area (Å²) < 4.78 is 5.50. The van der Waals surface area contributed by atoms with E-state index in [0.29, 0.717) is 6.61 Å². The smallest absolute Gasteiger partial charge is 0.0622 e. The van der Waals surface area contributed by atoms with E-state index >= 15 is 0 Å². The summed E-state index contributed by atoms with van der Waals surface area (Å²) in [6.07, 6.45) is 1.89. The highest BCUT2D eigenvalue weighted by atomic mass is 35.5. The Morgan fingerprint density at radius 1 is 1.22 bits per heavy atom. The van der Waals surface area contributed by atoms with Gasteiger partial charge in [-0.1, -0.05) is 36.2 Å². The standard InChI is InChI=1S/C14H21Cl2NO/c1-3-8-17-11(10-18-4-2)9-12-13(15)6-5-7-14(12)16/h5-7,11,17H,3-4,8-10H2,1-2H3. The molecule has 1 aromatic carbocycles. The quantitative estimate of drug-likeness (QED) is 0.783. The fourth-order valence-corrected chi connectivity index (χ4v) is 2.32. The van der Waals surface area contributed by atoms with Gasteiger partial charge in [-0.3, -0.25) is 0 Å². The van der Waals surface area contributed by atoms with E-state index in [2.05, 4.69) is 12.2 Å². The lowest BCUT2D eigenvalue weighted by Crippen LogP contribution is -2.36. The SMILES string of the molecule is CCCNC(COCC)Cc1c(Cl)cccc1Cl. The molecule has 0 fully saturated rings. The number of rotatable bonds is 8. The van der Waals surface area contributed by atoms with Crippen molar-refractivity contribution in [3.05, 3.63) is 33.8 Å². The molecule has 0 heterocycles. The molecule has 18 heavy (non-hydrogen) atoms. The normalized spacial score (nSPS) is 12.7. The molecule has 0 radical (unpaired) electrons. The van der Waals surface area contributed by atoms with Crippen LogP contribution in [-0.4, -0.2) is 25.8 Å². The van der Waals surface area contributed by atoms with E-state index in [1.54, 1.807) is 0 Å². The number of ether oxygens (including phenoxy) is 1. The van der Waals surface area contributed by atoms with Gasteiger partial charge in [-0.2, -0.15) is 0 Å². The Balaban J connectivity index is 2.68. The fourth-order valence-electron chi connectivity index (χ4n) is 1.77. The third-order valence-corrected chi connectivity index (χ3v) is 3.43. The Labute approximate surface area is 120 Å². The van der Waals surface area contributed by atoms with Crippen LogP contribution in [0.3, 0.4) is 0 Å². The van der Waals surface area contributed by atoms with Crippen LogP contribution in [0.25, 0.3) is 0 Å². The summed E-state index contributed by atoms with van der Waals surface area (Å²) in [5.41, 5.74) is 0.995. The van der Waals surface area contributed by atoms with Crippen molar-refractivity contribution in [1.29, 1.82) is 0 Å². The van der Waals surface area contributed by atoms with E-state index < -0.39 is 0 Å². The molecule has 0 spiro atoms. The molecule has 0 aliphatic rings. The zero-order valence-corrected chi connectivity index (χ0v) is 12.5. The average Bonchev–Trinajstić information content (AvgIpc) is 2.36. The molecule has 2 nitrogen and oxygen atoms in total. The Bertz CT molecular complexity index is 329. The van der Waals surface area contributed by atoms with Gasteiger partial charge in [-0.05, 0) is 44.0 Å². The fraction of sp³-hybridized carbons (Fsp3) is 0.571. The molecule has 1 aromatic rings. The number of hydrogen-bond donors (Lipinski definition) is 1. The van der Waals surface area contributed by atoms with Gasteiger partial charge in [0.25, 0.3) is 0 Å².